The van der Waals surface area contributed by atoms with Gasteiger partial charge >= 0.3 is 6.18 Å². The van der Waals surface area contributed by atoms with Gasteiger partial charge in [-0.2, -0.15) is 13.2 Å². The number of anilines is 2. The number of hydrogen-bond acceptors (Lipinski definition) is 2. The van der Waals surface area contributed by atoms with Crippen molar-refractivity contribution >= 4 is 17.3 Å². The first-order valence-electron chi connectivity index (χ1n) is 8.23. The molecule has 3 rings (SSSR count). The Kier molecular flexibility index (Phi) is 4.97. The van der Waals surface area contributed by atoms with Crippen molar-refractivity contribution in [1.82, 2.24) is 0 Å². The predicted molar refractivity (Wildman–Crippen MR) is 91.7 cm³/mol. The second-order valence-corrected chi connectivity index (χ2v) is 6.09. The maximum atomic E-state index is 12.5. The van der Waals surface area contributed by atoms with Crippen LogP contribution in [0.1, 0.15) is 24.0 Å². The van der Waals surface area contributed by atoms with E-state index in [-0.39, 0.29) is 12.3 Å². The summed E-state index contributed by atoms with van der Waals surface area (Å²) >= 11 is 0. The zero-order valence-electron chi connectivity index (χ0n) is 13.6. The molecule has 3 nitrogen and oxygen atoms in total. The molecule has 2 aromatic carbocycles. The number of carbonyl (C=O) groups excluding carboxylic acids is 1. The fraction of sp³-hybridized carbons (Fsp3) is 0.316. The van der Waals surface area contributed by atoms with E-state index in [9.17, 15) is 18.0 Å². The molecule has 0 radical (unpaired) electrons. The molecule has 132 valence electrons. The fourth-order valence-corrected chi connectivity index (χ4v) is 3.05. The van der Waals surface area contributed by atoms with Crippen LogP contribution in [0.4, 0.5) is 24.5 Å². The molecule has 1 aliphatic rings. The second kappa shape index (κ2) is 7.17. The largest absolute Gasteiger partial charge is 0.416 e. The third-order valence-corrected chi connectivity index (χ3v) is 4.31. The first-order chi connectivity index (χ1) is 11.9. The summed E-state index contributed by atoms with van der Waals surface area (Å²) in [5, 5.41) is 2.65. The molecule has 2 aromatic rings. The highest BCUT2D eigenvalue weighted by Crippen LogP contribution is 2.30. The van der Waals surface area contributed by atoms with E-state index in [1.165, 1.54) is 17.7 Å². The molecule has 0 spiro atoms. The summed E-state index contributed by atoms with van der Waals surface area (Å²) in [5.41, 5.74) is 2.10. The number of nitrogens with one attached hydrogen (secondary N) is 1. The zero-order valence-corrected chi connectivity index (χ0v) is 13.6. The molecule has 1 heterocycles. The van der Waals surface area contributed by atoms with Crippen LogP contribution in [0.15, 0.2) is 48.5 Å². The minimum Gasteiger partial charge on any atom is -0.371 e. The molecule has 0 aromatic heterocycles. The zero-order chi connectivity index (χ0) is 17.9. The molecule has 0 bridgehead atoms. The van der Waals surface area contributed by atoms with Crippen LogP contribution in [-0.2, 0) is 17.4 Å². The van der Waals surface area contributed by atoms with E-state index in [4.69, 9.17) is 0 Å². The van der Waals surface area contributed by atoms with Crippen molar-refractivity contribution < 1.29 is 18.0 Å². The smallest absolute Gasteiger partial charge is 0.371 e. The molecule has 0 saturated carbocycles. The van der Waals surface area contributed by atoms with E-state index < -0.39 is 11.7 Å². The fourth-order valence-electron chi connectivity index (χ4n) is 3.05. The third kappa shape index (κ3) is 4.32. The number of nitrogens with zero attached hydrogens (tertiary/aromatic N) is 1. The van der Waals surface area contributed by atoms with E-state index in [0.29, 0.717) is 12.2 Å². The standard InChI is InChI=1S/C19H19F3N2O/c20-19(21,22)15-7-9-16(10-8-15)23-18(25)11-13-24-12-3-5-14-4-1-2-6-17(14)24/h1-2,4,6-10H,3,5,11-13H2,(H,23,25). The molecule has 0 unspecified atom stereocenters. The van der Waals surface area contributed by atoms with Gasteiger partial charge in [0.15, 0.2) is 0 Å². The minimum atomic E-state index is -4.37. The maximum Gasteiger partial charge on any atom is 0.416 e. The number of fused-ring (bicyclic) bond motifs is 1. The van der Waals surface area contributed by atoms with Gasteiger partial charge in [-0.05, 0) is 48.7 Å². The van der Waals surface area contributed by atoms with Crippen molar-refractivity contribution in [3.05, 3.63) is 59.7 Å². The van der Waals surface area contributed by atoms with Crippen molar-refractivity contribution in [2.24, 2.45) is 0 Å². The summed E-state index contributed by atoms with van der Waals surface area (Å²) in [7, 11) is 0. The average molecular weight is 348 g/mol. The molecule has 0 fully saturated rings. The van der Waals surface area contributed by atoms with E-state index >= 15 is 0 Å². The van der Waals surface area contributed by atoms with E-state index in [2.05, 4.69) is 22.3 Å². The van der Waals surface area contributed by atoms with Crippen LogP contribution >= 0.6 is 0 Å². The molecule has 1 amide bonds. The van der Waals surface area contributed by atoms with Crippen LogP contribution in [0, 0.1) is 0 Å². The maximum absolute atomic E-state index is 12.5. The average Bonchev–Trinajstić information content (AvgIpc) is 2.59. The molecule has 25 heavy (non-hydrogen) atoms. The summed E-state index contributed by atoms with van der Waals surface area (Å²) in [6.45, 7) is 1.49. The van der Waals surface area contributed by atoms with Crippen molar-refractivity contribution in [3.63, 3.8) is 0 Å². The number of aryl methyl sites for hydroxylation is 1. The first kappa shape index (κ1) is 17.3. The SMILES string of the molecule is O=C(CCN1CCCc2ccccc21)Nc1ccc(C(F)(F)F)cc1. The van der Waals surface area contributed by atoms with Gasteiger partial charge in [-0.25, -0.2) is 0 Å². The molecule has 1 N–H and O–H groups in total. The summed E-state index contributed by atoms with van der Waals surface area (Å²) < 4.78 is 37.6. The number of alkyl halides is 3. The van der Waals surface area contributed by atoms with E-state index in [1.54, 1.807) is 0 Å². The minimum absolute atomic E-state index is 0.206. The molecular weight excluding hydrogens is 329 g/mol. The lowest BCUT2D eigenvalue weighted by Crippen LogP contribution is -2.32. The summed E-state index contributed by atoms with van der Waals surface area (Å²) in [6.07, 6.45) is -1.98. The Labute approximate surface area is 144 Å². The Morgan fingerprint density at radius 3 is 2.52 bits per heavy atom. The monoisotopic (exact) mass is 348 g/mol. The summed E-state index contributed by atoms with van der Waals surface area (Å²) in [6, 6.07) is 12.6. The number of halogens is 3. The van der Waals surface area contributed by atoms with Gasteiger partial charge in [0.1, 0.15) is 0 Å². The van der Waals surface area contributed by atoms with Crippen LogP contribution in [0.25, 0.3) is 0 Å². The lowest BCUT2D eigenvalue weighted by molar-refractivity contribution is -0.137. The van der Waals surface area contributed by atoms with Crippen molar-refractivity contribution in [1.29, 1.82) is 0 Å². The van der Waals surface area contributed by atoms with Crippen molar-refractivity contribution in [2.75, 3.05) is 23.3 Å². The Hall–Kier alpha value is -2.50. The number of amides is 1. The van der Waals surface area contributed by atoms with Gasteiger partial charge in [-0.3, -0.25) is 4.79 Å². The summed E-state index contributed by atoms with van der Waals surface area (Å²) in [5.74, 6) is -0.206. The predicted octanol–water partition coefficient (Wildman–Crippen LogP) is 4.49. The quantitative estimate of drug-likeness (QED) is 0.883. The highest BCUT2D eigenvalue weighted by atomic mass is 19.4. The number of rotatable bonds is 4. The Morgan fingerprint density at radius 1 is 1.08 bits per heavy atom. The second-order valence-electron chi connectivity index (χ2n) is 6.09. The van der Waals surface area contributed by atoms with Gasteiger partial charge in [-0.1, -0.05) is 18.2 Å². The lowest BCUT2D eigenvalue weighted by Gasteiger charge is -2.31. The third-order valence-electron chi connectivity index (χ3n) is 4.31. The van der Waals surface area contributed by atoms with Gasteiger partial charge in [-0.15, -0.1) is 0 Å². The van der Waals surface area contributed by atoms with Crippen molar-refractivity contribution in [3.8, 4) is 0 Å². The van der Waals surface area contributed by atoms with Gasteiger partial charge in [0.25, 0.3) is 0 Å². The van der Waals surface area contributed by atoms with Gasteiger partial charge in [0.05, 0.1) is 5.56 Å². The van der Waals surface area contributed by atoms with Gasteiger partial charge in [0.2, 0.25) is 5.91 Å². The summed E-state index contributed by atoms with van der Waals surface area (Å²) in [4.78, 5) is 14.3. The molecule has 6 heteroatoms. The Balaban J connectivity index is 1.55. The number of para-hydroxylation sites is 1. The van der Waals surface area contributed by atoms with Gasteiger partial charge in [0, 0.05) is 30.9 Å². The van der Waals surface area contributed by atoms with Crippen LogP contribution in [0.3, 0.4) is 0 Å². The Bertz CT molecular complexity index is 741. The highest BCUT2D eigenvalue weighted by molar-refractivity contribution is 5.91. The topological polar surface area (TPSA) is 32.3 Å². The van der Waals surface area contributed by atoms with Gasteiger partial charge < -0.3 is 10.2 Å². The van der Waals surface area contributed by atoms with Crippen LogP contribution < -0.4 is 10.2 Å². The molecule has 0 atom stereocenters. The molecular formula is C19H19F3N2O. The lowest BCUT2D eigenvalue weighted by atomic mass is 10.0. The number of carbonyl (C=O) groups is 1. The Morgan fingerprint density at radius 2 is 1.80 bits per heavy atom. The molecule has 1 aliphatic heterocycles. The number of benzene rings is 2. The van der Waals surface area contributed by atoms with Crippen LogP contribution in [0.2, 0.25) is 0 Å². The first-order valence-corrected chi connectivity index (χ1v) is 8.23. The molecule has 0 saturated heterocycles. The van der Waals surface area contributed by atoms with Crippen LogP contribution in [0.5, 0.6) is 0 Å². The van der Waals surface area contributed by atoms with E-state index in [0.717, 1.165) is 37.2 Å². The number of hydrogen-bond donors (Lipinski definition) is 1. The van der Waals surface area contributed by atoms with E-state index in [1.807, 2.05) is 12.1 Å². The molecule has 0 aliphatic carbocycles. The van der Waals surface area contributed by atoms with Crippen molar-refractivity contribution in [2.45, 2.75) is 25.4 Å². The normalized spacial score (nSPS) is 14.1. The highest BCUT2D eigenvalue weighted by Gasteiger charge is 2.30. The van der Waals surface area contributed by atoms with Crippen LogP contribution in [-0.4, -0.2) is 19.0 Å².